The van der Waals surface area contributed by atoms with Crippen LogP contribution in [0.1, 0.15) is 5.56 Å². The van der Waals surface area contributed by atoms with Crippen molar-refractivity contribution in [3.63, 3.8) is 0 Å². The van der Waals surface area contributed by atoms with Crippen molar-refractivity contribution >= 4 is 19.7 Å². The first kappa shape index (κ1) is 15.6. The highest BCUT2D eigenvalue weighted by Crippen LogP contribution is 2.30. The van der Waals surface area contributed by atoms with Crippen LogP contribution in [0.25, 0.3) is 5.69 Å². The van der Waals surface area contributed by atoms with Crippen molar-refractivity contribution in [3.8, 4) is 5.69 Å². The monoisotopic (exact) mass is 337 g/mol. The lowest BCUT2D eigenvalue weighted by molar-refractivity contribution is -0.137. The van der Waals surface area contributed by atoms with Crippen molar-refractivity contribution in [1.82, 2.24) is 4.57 Å². The minimum Gasteiger partial charge on any atom is -0.283 e. The van der Waals surface area contributed by atoms with Crippen molar-refractivity contribution < 1.29 is 21.6 Å². The van der Waals surface area contributed by atoms with Crippen molar-refractivity contribution in [2.45, 2.75) is 11.1 Å². The van der Waals surface area contributed by atoms with Crippen LogP contribution >= 0.6 is 10.7 Å². The molecular formula is C12H7ClF3NO3S. The number of alkyl halides is 3. The topological polar surface area (TPSA) is 56.1 Å². The molecule has 0 aliphatic carbocycles. The van der Waals surface area contributed by atoms with Crippen LogP contribution in [0.2, 0.25) is 0 Å². The maximum Gasteiger partial charge on any atom is 0.416 e. The average Bonchev–Trinajstić information content (AvgIpc) is 2.37. The smallest absolute Gasteiger partial charge is 0.283 e. The molecule has 0 saturated heterocycles. The number of aromatic nitrogens is 1. The summed E-state index contributed by atoms with van der Waals surface area (Å²) in [5.41, 5.74) is -1.75. The Kier molecular flexibility index (Phi) is 3.85. The third kappa shape index (κ3) is 3.45. The van der Waals surface area contributed by atoms with Crippen LogP contribution in [0.5, 0.6) is 0 Å². The van der Waals surface area contributed by atoms with Crippen molar-refractivity contribution in [1.29, 1.82) is 0 Å². The second kappa shape index (κ2) is 5.19. The summed E-state index contributed by atoms with van der Waals surface area (Å²) in [5, 5.41) is 0. The van der Waals surface area contributed by atoms with Crippen LogP contribution in [0.4, 0.5) is 13.2 Å². The summed E-state index contributed by atoms with van der Waals surface area (Å²) < 4.78 is 61.2. The van der Waals surface area contributed by atoms with Crippen LogP contribution in [-0.2, 0) is 15.2 Å². The van der Waals surface area contributed by atoms with Gasteiger partial charge in [-0.1, -0.05) is 6.07 Å². The number of benzene rings is 1. The number of rotatable bonds is 2. The molecule has 0 unspecified atom stereocenters. The Morgan fingerprint density at radius 3 is 2.33 bits per heavy atom. The first-order valence-electron chi connectivity index (χ1n) is 5.44. The van der Waals surface area contributed by atoms with E-state index in [-0.39, 0.29) is 10.6 Å². The fourth-order valence-corrected chi connectivity index (χ4v) is 2.38. The molecule has 2 rings (SSSR count). The normalized spacial score (nSPS) is 12.4. The molecule has 0 radical (unpaired) electrons. The Hall–Kier alpha value is -1.80. The average molecular weight is 338 g/mol. The number of halogens is 4. The Balaban J connectivity index is 2.65. The second-order valence-corrected chi connectivity index (χ2v) is 6.62. The van der Waals surface area contributed by atoms with Crippen LogP contribution < -0.4 is 5.56 Å². The van der Waals surface area contributed by atoms with E-state index in [9.17, 15) is 26.4 Å². The van der Waals surface area contributed by atoms with E-state index in [1.54, 1.807) is 0 Å². The molecule has 0 fully saturated rings. The van der Waals surface area contributed by atoms with Gasteiger partial charge in [0.15, 0.2) is 0 Å². The fourth-order valence-electron chi connectivity index (χ4n) is 1.65. The Labute approximate surface area is 121 Å². The lowest BCUT2D eigenvalue weighted by Crippen LogP contribution is -2.18. The van der Waals surface area contributed by atoms with Gasteiger partial charge in [-0.25, -0.2) is 8.42 Å². The minimum atomic E-state index is -4.57. The van der Waals surface area contributed by atoms with Gasteiger partial charge in [0.05, 0.1) is 10.5 Å². The number of pyridine rings is 1. The molecular weight excluding hydrogens is 331 g/mol. The summed E-state index contributed by atoms with van der Waals surface area (Å²) in [6.45, 7) is 0. The van der Waals surface area contributed by atoms with Crippen molar-refractivity contribution in [3.05, 3.63) is 58.5 Å². The van der Waals surface area contributed by atoms with E-state index in [2.05, 4.69) is 0 Å². The predicted octanol–water partition coefficient (Wildman–Crippen LogP) is 2.78. The zero-order valence-corrected chi connectivity index (χ0v) is 11.7. The van der Waals surface area contributed by atoms with Gasteiger partial charge in [-0.05, 0) is 24.3 Å². The van der Waals surface area contributed by atoms with Gasteiger partial charge in [0.1, 0.15) is 0 Å². The highest BCUT2D eigenvalue weighted by molar-refractivity contribution is 8.13. The molecule has 1 heterocycles. The van der Waals surface area contributed by atoms with E-state index in [0.717, 1.165) is 41.1 Å². The zero-order chi connectivity index (χ0) is 15.8. The maximum absolute atomic E-state index is 12.6. The van der Waals surface area contributed by atoms with Crippen molar-refractivity contribution in [2.75, 3.05) is 0 Å². The maximum atomic E-state index is 12.6. The number of hydrogen-bond donors (Lipinski definition) is 0. The highest BCUT2D eigenvalue weighted by atomic mass is 35.7. The standard InChI is InChI=1S/C12H7ClF3NO3S/c13-21(19,20)10-4-5-11(18)17(7-10)9-3-1-2-8(6-9)12(14,15)16/h1-7H. The molecule has 0 atom stereocenters. The minimum absolute atomic E-state index is 0.114. The summed E-state index contributed by atoms with van der Waals surface area (Å²) in [6.07, 6.45) is -3.70. The number of nitrogens with zero attached hydrogens (tertiary/aromatic N) is 1. The van der Waals surface area contributed by atoms with Gasteiger partial charge in [-0.3, -0.25) is 9.36 Å². The zero-order valence-electron chi connectivity index (χ0n) is 10.1. The molecule has 0 amide bonds. The first-order chi connectivity index (χ1) is 9.59. The van der Waals surface area contributed by atoms with Gasteiger partial charge in [-0.15, -0.1) is 0 Å². The lowest BCUT2D eigenvalue weighted by atomic mass is 10.2. The molecule has 4 nitrogen and oxygen atoms in total. The lowest BCUT2D eigenvalue weighted by Gasteiger charge is -2.11. The van der Waals surface area contributed by atoms with Crippen molar-refractivity contribution in [2.24, 2.45) is 0 Å². The van der Waals surface area contributed by atoms with E-state index in [4.69, 9.17) is 10.7 Å². The molecule has 0 aliphatic heterocycles. The molecule has 1 aromatic carbocycles. The quantitative estimate of drug-likeness (QED) is 0.792. The molecule has 0 saturated carbocycles. The highest BCUT2D eigenvalue weighted by Gasteiger charge is 2.30. The molecule has 9 heteroatoms. The van der Waals surface area contributed by atoms with Gasteiger partial charge in [0.25, 0.3) is 14.6 Å². The van der Waals surface area contributed by atoms with E-state index >= 15 is 0 Å². The summed E-state index contributed by atoms with van der Waals surface area (Å²) in [7, 11) is 1.05. The molecule has 0 N–H and O–H groups in total. The predicted molar refractivity (Wildman–Crippen MR) is 70.1 cm³/mol. The van der Waals surface area contributed by atoms with E-state index in [1.807, 2.05) is 0 Å². The van der Waals surface area contributed by atoms with Crippen LogP contribution in [0.15, 0.2) is 52.3 Å². The SMILES string of the molecule is O=c1ccc(S(=O)(=O)Cl)cn1-c1cccc(C(F)(F)F)c1. The largest absolute Gasteiger partial charge is 0.416 e. The summed E-state index contributed by atoms with van der Waals surface area (Å²) in [5.74, 6) is 0. The van der Waals surface area contributed by atoms with Gasteiger partial charge >= 0.3 is 6.18 Å². The van der Waals surface area contributed by atoms with Gasteiger partial charge in [0.2, 0.25) is 0 Å². The first-order valence-corrected chi connectivity index (χ1v) is 7.75. The fraction of sp³-hybridized carbons (Fsp3) is 0.0833. The van der Waals surface area contributed by atoms with E-state index < -0.39 is 26.3 Å². The van der Waals surface area contributed by atoms with Gasteiger partial charge < -0.3 is 0 Å². The number of hydrogen-bond acceptors (Lipinski definition) is 3. The molecule has 2 aromatic rings. The summed E-state index contributed by atoms with van der Waals surface area (Å²) >= 11 is 0. The van der Waals surface area contributed by atoms with Crippen LogP contribution in [-0.4, -0.2) is 13.0 Å². The summed E-state index contributed by atoms with van der Waals surface area (Å²) in [6, 6.07) is 5.85. The van der Waals surface area contributed by atoms with Gasteiger partial charge in [0, 0.05) is 28.6 Å². The van der Waals surface area contributed by atoms with Crippen LogP contribution in [0.3, 0.4) is 0 Å². The molecule has 0 bridgehead atoms. The third-order valence-electron chi connectivity index (χ3n) is 2.62. The van der Waals surface area contributed by atoms with E-state index in [0.29, 0.717) is 0 Å². The summed E-state index contributed by atoms with van der Waals surface area (Å²) in [4.78, 5) is 11.3. The molecule has 21 heavy (non-hydrogen) atoms. The third-order valence-corrected chi connectivity index (χ3v) is 3.96. The molecule has 0 aliphatic rings. The second-order valence-electron chi connectivity index (χ2n) is 4.06. The molecule has 1 aromatic heterocycles. The van der Waals surface area contributed by atoms with E-state index in [1.165, 1.54) is 6.07 Å². The Morgan fingerprint density at radius 1 is 1.10 bits per heavy atom. The Bertz CT molecular complexity index is 843. The molecule has 112 valence electrons. The van der Waals surface area contributed by atoms with Crippen LogP contribution in [0, 0.1) is 0 Å². The van der Waals surface area contributed by atoms with Gasteiger partial charge in [-0.2, -0.15) is 13.2 Å². The Morgan fingerprint density at radius 2 is 1.76 bits per heavy atom. The molecule has 0 spiro atoms.